The lowest BCUT2D eigenvalue weighted by Crippen LogP contribution is -2.44. The van der Waals surface area contributed by atoms with Gasteiger partial charge in [0, 0.05) is 31.7 Å². The van der Waals surface area contributed by atoms with Crippen molar-refractivity contribution in [2.45, 2.75) is 32.7 Å². The van der Waals surface area contributed by atoms with Crippen molar-refractivity contribution < 1.29 is 4.79 Å². The van der Waals surface area contributed by atoms with Crippen LogP contribution in [0, 0.1) is 5.41 Å². The molecule has 150 valence electrons. The Balaban J connectivity index is 1.51. The number of hydrogen-bond acceptors (Lipinski definition) is 4. The predicted octanol–water partition coefficient (Wildman–Crippen LogP) is 3.33. The van der Waals surface area contributed by atoms with Crippen LogP contribution < -0.4 is 5.32 Å². The zero-order valence-electron chi connectivity index (χ0n) is 16.9. The van der Waals surface area contributed by atoms with Crippen LogP contribution in [0.1, 0.15) is 36.5 Å². The van der Waals surface area contributed by atoms with E-state index in [1.165, 1.54) is 6.42 Å². The number of aromatic nitrogens is 3. The molecule has 6 nitrogen and oxygen atoms in total. The van der Waals surface area contributed by atoms with E-state index in [-0.39, 0.29) is 5.91 Å². The van der Waals surface area contributed by atoms with Gasteiger partial charge in [-0.15, -0.1) is 0 Å². The van der Waals surface area contributed by atoms with Crippen LogP contribution in [-0.2, 0) is 6.54 Å². The molecule has 3 aromatic rings. The van der Waals surface area contributed by atoms with Crippen LogP contribution in [-0.4, -0.2) is 51.8 Å². The number of hydrogen-bond donors (Lipinski definition) is 1. The highest BCUT2D eigenvalue weighted by atomic mass is 16.2. The number of carbonyl (C=O) groups excluding carboxylic acids is 1. The first-order valence-corrected chi connectivity index (χ1v) is 10.6. The third-order valence-corrected chi connectivity index (χ3v) is 6.65. The molecule has 1 spiro atoms. The summed E-state index contributed by atoms with van der Waals surface area (Å²) in [5.41, 5.74) is 3.74. The predicted molar refractivity (Wildman–Crippen MR) is 114 cm³/mol. The Hall–Kier alpha value is -2.73. The van der Waals surface area contributed by atoms with Crippen molar-refractivity contribution in [3.8, 4) is 11.3 Å². The maximum Gasteiger partial charge on any atom is 0.254 e. The molecule has 0 unspecified atom stereocenters. The summed E-state index contributed by atoms with van der Waals surface area (Å²) in [5, 5.41) is 8.81. The average molecular weight is 390 g/mol. The molecule has 2 aliphatic heterocycles. The van der Waals surface area contributed by atoms with Crippen LogP contribution in [0.15, 0.2) is 42.6 Å². The summed E-state index contributed by atoms with van der Waals surface area (Å²) < 4.78 is 1.87. The van der Waals surface area contributed by atoms with Crippen molar-refractivity contribution in [1.82, 2.24) is 25.0 Å². The largest absolute Gasteiger partial charge is 0.339 e. The van der Waals surface area contributed by atoms with Gasteiger partial charge in [-0.05, 0) is 44.2 Å². The molecule has 1 amide bonds. The van der Waals surface area contributed by atoms with Gasteiger partial charge in [0.05, 0.1) is 22.8 Å². The maximum absolute atomic E-state index is 13.5. The van der Waals surface area contributed by atoms with Crippen molar-refractivity contribution in [3.63, 3.8) is 0 Å². The number of nitrogens with zero attached hydrogens (tertiary/aromatic N) is 4. The number of pyridine rings is 1. The van der Waals surface area contributed by atoms with Crippen LogP contribution in [0.5, 0.6) is 0 Å². The molecule has 5 rings (SSSR count). The standard InChI is InChI=1S/C23H27N5O/c1-2-28-21-19(15-25-28)18(14-20(26-21)17-6-4-3-5-7-17)22(29)27-12-9-23(10-13-27)8-11-24-16-23/h3-7,14-15,24H,2,8-13,16H2,1H3. The van der Waals surface area contributed by atoms with E-state index in [4.69, 9.17) is 4.98 Å². The second-order valence-corrected chi connectivity index (χ2v) is 8.34. The van der Waals surface area contributed by atoms with Crippen LogP contribution in [0.3, 0.4) is 0 Å². The first-order chi connectivity index (χ1) is 14.2. The van der Waals surface area contributed by atoms with Gasteiger partial charge in [-0.1, -0.05) is 30.3 Å². The Kier molecular flexibility index (Phi) is 4.59. The highest BCUT2D eigenvalue weighted by molar-refractivity contribution is 6.06. The lowest BCUT2D eigenvalue weighted by molar-refractivity contribution is 0.0609. The molecule has 2 aliphatic rings. The summed E-state index contributed by atoms with van der Waals surface area (Å²) in [4.78, 5) is 20.4. The molecule has 2 fully saturated rings. The third-order valence-electron chi connectivity index (χ3n) is 6.65. The number of amides is 1. The summed E-state index contributed by atoms with van der Waals surface area (Å²) in [6, 6.07) is 12.0. The lowest BCUT2D eigenvalue weighted by Gasteiger charge is -2.39. The fourth-order valence-corrected chi connectivity index (χ4v) is 4.79. The molecule has 2 saturated heterocycles. The number of rotatable bonds is 3. The van der Waals surface area contributed by atoms with Crippen LogP contribution in [0.4, 0.5) is 0 Å². The minimum atomic E-state index is 0.103. The van der Waals surface area contributed by atoms with Gasteiger partial charge < -0.3 is 10.2 Å². The van der Waals surface area contributed by atoms with Gasteiger partial charge in [0.1, 0.15) is 0 Å². The van der Waals surface area contributed by atoms with Gasteiger partial charge in [0.25, 0.3) is 5.91 Å². The van der Waals surface area contributed by atoms with E-state index in [1.807, 2.05) is 52.9 Å². The number of piperidine rings is 1. The quantitative estimate of drug-likeness (QED) is 0.746. The Morgan fingerprint density at radius 2 is 1.97 bits per heavy atom. The molecule has 2 aromatic heterocycles. The Morgan fingerprint density at radius 1 is 1.17 bits per heavy atom. The molecule has 0 bridgehead atoms. The molecule has 0 aliphatic carbocycles. The number of likely N-dealkylation sites (tertiary alicyclic amines) is 1. The van der Waals surface area contributed by atoms with Crippen molar-refractivity contribution in [2.75, 3.05) is 26.2 Å². The van der Waals surface area contributed by atoms with E-state index in [2.05, 4.69) is 10.4 Å². The number of fused-ring (bicyclic) bond motifs is 1. The van der Waals surface area contributed by atoms with Crippen molar-refractivity contribution in [1.29, 1.82) is 0 Å². The summed E-state index contributed by atoms with van der Waals surface area (Å²) in [6.45, 7) is 6.62. The van der Waals surface area contributed by atoms with E-state index in [1.54, 1.807) is 6.20 Å². The molecule has 0 saturated carbocycles. The number of nitrogens with one attached hydrogen (secondary N) is 1. The van der Waals surface area contributed by atoms with E-state index >= 15 is 0 Å². The minimum absolute atomic E-state index is 0.103. The number of carbonyl (C=O) groups is 1. The van der Waals surface area contributed by atoms with E-state index in [9.17, 15) is 4.79 Å². The van der Waals surface area contributed by atoms with Crippen molar-refractivity contribution in [2.24, 2.45) is 5.41 Å². The van der Waals surface area contributed by atoms with Gasteiger partial charge in [0.2, 0.25) is 0 Å². The van der Waals surface area contributed by atoms with Crippen LogP contribution in [0.2, 0.25) is 0 Å². The summed E-state index contributed by atoms with van der Waals surface area (Å²) >= 11 is 0. The second kappa shape index (κ2) is 7.26. The van der Waals surface area contributed by atoms with Gasteiger partial charge >= 0.3 is 0 Å². The zero-order chi connectivity index (χ0) is 19.8. The molecule has 6 heteroatoms. The summed E-state index contributed by atoms with van der Waals surface area (Å²) in [5.74, 6) is 0.103. The first-order valence-electron chi connectivity index (χ1n) is 10.6. The smallest absolute Gasteiger partial charge is 0.254 e. The van der Waals surface area contributed by atoms with E-state index in [0.29, 0.717) is 11.0 Å². The maximum atomic E-state index is 13.5. The minimum Gasteiger partial charge on any atom is -0.339 e. The molecule has 4 heterocycles. The van der Waals surface area contributed by atoms with E-state index < -0.39 is 0 Å². The van der Waals surface area contributed by atoms with Crippen molar-refractivity contribution >= 4 is 16.9 Å². The van der Waals surface area contributed by atoms with E-state index in [0.717, 1.165) is 67.9 Å². The molecule has 0 radical (unpaired) electrons. The number of benzene rings is 1. The normalized spacial score (nSPS) is 18.6. The van der Waals surface area contributed by atoms with Gasteiger partial charge in [-0.2, -0.15) is 5.10 Å². The third kappa shape index (κ3) is 3.21. The molecular weight excluding hydrogens is 362 g/mol. The fraction of sp³-hybridized carbons (Fsp3) is 0.435. The van der Waals surface area contributed by atoms with Crippen LogP contribution >= 0.6 is 0 Å². The molecule has 1 N–H and O–H groups in total. The zero-order valence-corrected chi connectivity index (χ0v) is 16.9. The van der Waals surface area contributed by atoms with Gasteiger partial charge in [-0.3, -0.25) is 4.79 Å². The fourth-order valence-electron chi connectivity index (χ4n) is 4.79. The molecule has 1 aromatic carbocycles. The summed E-state index contributed by atoms with van der Waals surface area (Å²) in [7, 11) is 0. The first kappa shape index (κ1) is 18.3. The second-order valence-electron chi connectivity index (χ2n) is 8.34. The van der Waals surface area contributed by atoms with Gasteiger partial charge in [-0.25, -0.2) is 9.67 Å². The highest BCUT2D eigenvalue weighted by Crippen LogP contribution is 2.37. The Bertz CT molecular complexity index is 1030. The SMILES string of the molecule is CCn1ncc2c(C(=O)N3CCC4(CCNC4)CC3)cc(-c3ccccc3)nc21. The van der Waals surface area contributed by atoms with Crippen molar-refractivity contribution in [3.05, 3.63) is 48.2 Å². The lowest BCUT2D eigenvalue weighted by atomic mass is 9.77. The topological polar surface area (TPSA) is 63.1 Å². The monoisotopic (exact) mass is 389 g/mol. The van der Waals surface area contributed by atoms with Gasteiger partial charge in [0.15, 0.2) is 5.65 Å². The molecule has 29 heavy (non-hydrogen) atoms. The molecular formula is C23H27N5O. The highest BCUT2D eigenvalue weighted by Gasteiger charge is 2.38. The average Bonchev–Trinajstić information content (AvgIpc) is 3.40. The Morgan fingerprint density at radius 3 is 2.66 bits per heavy atom. The molecule has 0 atom stereocenters. The summed E-state index contributed by atoms with van der Waals surface area (Å²) in [6.07, 6.45) is 5.19. The Labute approximate surface area is 170 Å². The number of aryl methyl sites for hydroxylation is 1. The van der Waals surface area contributed by atoms with Crippen LogP contribution in [0.25, 0.3) is 22.3 Å².